The van der Waals surface area contributed by atoms with Crippen LogP contribution in [0, 0.1) is 12.7 Å². The lowest BCUT2D eigenvalue weighted by Crippen LogP contribution is -2.31. The van der Waals surface area contributed by atoms with Gasteiger partial charge in [-0.25, -0.2) is 14.4 Å². The monoisotopic (exact) mass is 325 g/mol. The Morgan fingerprint density at radius 2 is 2.08 bits per heavy atom. The molecule has 1 aromatic carbocycles. The predicted molar refractivity (Wildman–Crippen MR) is 85.7 cm³/mol. The third-order valence-electron chi connectivity index (χ3n) is 3.59. The van der Waals surface area contributed by atoms with Gasteiger partial charge in [-0.2, -0.15) is 0 Å². The lowest BCUT2D eigenvalue weighted by Gasteiger charge is -2.19. The van der Waals surface area contributed by atoms with Gasteiger partial charge in [0.05, 0.1) is 11.9 Å². The van der Waals surface area contributed by atoms with Crippen molar-refractivity contribution in [2.75, 3.05) is 0 Å². The van der Waals surface area contributed by atoms with Gasteiger partial charge in [-0.05, 0) is 24.6 Å². The summed E-state index contributed by atoms with van der Waals surface area (Å²) in [4.78, 5) is 24.9. The fourth-order valence-electron chi connectivity index (χ4n) is 2.35. The number of amides is 1. The number of rotatable bonds is 4. The fourth-order valence-corrected chi connectivity index (χ4v) is 2.35. The number of aryl methyl sites for hydroxylation is 2. The highest BCUT2D eigenvalue weighted by atomic mass is 19.1. The van der Waals surface area contributed by atoms with Gasteiger partial charge in [0.25, 0.3) is 5.91 Å². The van der Waals surface area contributed by atoms with Crippen molar-refractivity contribution < 1.29 is 9.18 Å². The standard InChI is InChI=1S/C17H16FN5O/c1-11-9-21-14(10-20-11)17(24)22-15(16-19-6-7-23(16)2)12-4-3-5-13(18)8-12/h3-10,15H,1-2H3,(H,22,24)/t15-/m0/s1. The molecule has 1 amide bonds. The molecule has 3 rings (SSSR count). The van der Waals surface area contributed by atoms with Crippen molar-refractivity contribution in [1.29, 1.82) is 0 Å². The van der Waals surface area contributed by atoms with E-state index < -0.39 is 11.9 Å². The first-order valence-electron chi connectivity index (χ1n) is 7.37. The van der Waals surface area contributed by atoms with Crippen LogP contribution in [0.1, 0.15) is 33.6 Å². The Labute approximate surface area is 138 Å². The molecule has 2 heterocycles. The topological polar surface area (TPSA) is 72.7 Å². The molecule has 7 heteroatoms. The maximum Gasteiger partial charge on any atom is 0.272 e. The van der Waals surface area contributed by atoms with Crippen molar-refractivity contribution in [2.24, 2.45) is 7.05 Å². The highest BCUT2D eigenvalue weighted by Crippen LogP contribution is 2.21. The quantitative estimate of drug-likeness (QED) is 0.798. The Balaban J connectivity index is 1.95. The first-order valence-corrected chi connectivity index (χ1v) is 7.37. The average molecular weight is 325 g/mol. The fraction of sp³-hybridized carbons (Fsp3) is 0.176. The summed E-state index contributed by atoms with van der Waals surface area (Å²) in [6.45, 7) is 1.79. The number of benzene rings is 1. The molecule has 1 N–H and O–H groups in total. The molecule has 0 unspecified atom stereocenters. The lowest BCUT2D eigenvalue weighted by atomic mass is 10.1. The van der Waals surface area contributed by atoms with Crippen LogP contribution < -0.4 is 5.32 Å². The molecule has 0 spiro atoms. The maximum absolute atomic E-state index is 13.6. The minimum absolute atomic E-state index is 0.191. The zero-order chi connectivity index (χ0) is 17.1. The molecule has 0 saturated carbocycles. The van der Waals surface area contributed by atoms with Gasteiger partial charge in [0.1, 0.15) is 23.4 Å². The molecule has 0 aliphatic rings. The Kier molecular flexibility index (Phi) is 4.33. The van der Waals surface area contributed by atoms with Crippen LogP contribution in [0.15, 0.2) is 49.1 Å². The number of hydrogen-bond acceptors (Lipinski definition) is 4. The van der Waals surface area contributed by atoms with Gasteiger partial charge in [0.15, 0.2) is 0 Å². The van der Waals surface area contributed by atoms with Gasteiger partial charge in [0, 0.05) is 25.6 Å². The van der Waals surface area contributed by atoms with Gasteiger partial charge in [-0.15, -0.1) is 0 Å². The van der Waals surface area contributed by atoms with Crippen molar-refractivity contribution in [2.45, 2.75) is 13.0 Å². The second-order valence-corrected chi connectivity index (χ2v) is 5.40. The smallest absolute Gasteiger partial charge is 0.272 e. The summed E-state index contributed by atoms with van der Waals surface area (Å²) in [5, 5.41) is 2.85. The summed E-state index contributed by atoms with van der Waals surface area (Å²) in [7, 11) is 1.81. The van der Waals surface area contributed by atoms with Crippen LogP contribution in [-0.2, 0) is 7.05 Å². The molecule has 0 fully saturated rings. The highest BCUT2D eigenvalue weighted by molar-refractivity contribution is 5.92. The van der Waals surface area contributed by atoms with Crippen molar-refractivity contribution in [3.05, 3.63) is 77.6 Å². The molecule has 0 aliphatic heterocycles. The van der Waals surface area contributed by atoms with Gasteiger partial charge in [-0.1, -0.05) is 12.1 Å². The summed E-state index contributed by atoms with van der Waals surface area (Å²) in [6, 6.07) is 5.46. The second-order valence-electron chi connectivity index (χ2n) is 5.40. The van der Waals surface area contributed by atoms with Crippen LogP contribution in [0.2, 0.25) is 0 Å². The number of halogens is 1. The van der Waals surface area contributed by atoms with Crippen LogP contribution in [0.5, 0.6) is 0 Å². The first-order chi connectivity index (χ1) is 11.5. The van der Waals surface area contributed by atoms with Gasteiger partial charge in [0.2, 0.25) is 0 Å². The van der Waals surface area contributed by atoms with Crippen molar-refractivity contribution in [1.82, 2.24) is 24.8 Å². The Morgan fingerprint density at radius 3 is 2.71 bits per heavy atom. The van der Waals surface area contributed by atoms with E-state index in [9.17, 15) is 9.18 Å². The third-order valence-corrected chi connectivity index (χ3v) is 3.59. The molecule has 122 valence electrons. The number of carbonyl (C=O) groups is 1. The second kappa shape index (κ2) is 6.57. The molecule has 24 heavy (non-hydrogen) atoms. The van der Waals surface area contributed by atoms with E-state index in [2.05, 4.69) is 20.3 Å². The molecule has 6 nitrogen and oxygen atoms in total. The molecule has 0 bridgehead atoms. The van der Waals surface area contributed by atoms with Gasteiger partial charge >= 0.3 is 0 Å². The zero-order valence-electron chi connectivity index (χ0n) is 13.3. The molecule has 2 aromatic heterocycles. The van der Waals surface area contributed by atoms with E-state index in [1.807, 2.05) is 7.05 Å². The van der Waals surface area contributed by atoms with Crippen molar-refractivity contribution in [3.8, 4) is 0 Å². The van der Waals surface area contributed by atoms with Gasteiger partial charge in [-0.3, -0.25) is 9.78 Å². The number of nitrogens with zero attached hydrogens (tertiary/aromatic N) is 4. The summed E-state index contributed by atoms with van der Waals surface area (Å²) < 4.78 is 15.4. The van der Waals surface area contributed by atoms with E-state index >= 15 is 0 Å². The largest absolute Gasteiger partial charge is 0.337 e. The van der Waals surface area contributed by atoms with E-state index in [-0.39, 0.29) is 11.5 Å². The third kappa shape index (κ3) is 3.29. The Morgan fingerprint density at radius 1 is 1.25 bits per heavy atom. The summed E-state index contributed by atoms with van der Waals surface area (Å²) in [5.41, 5.74) is 1.51. The lowest BCUT2D eigenvalue weighted by molar-refractivity contribution is 0.0935. The number of imidazole rings is 1. The molecular weight excluding hydrogens is 309 g/mol. The highest BCUT2D eigenvalue weighted by Gasteiger charge is 2.22. The van der Waals surface area contributed by atoms with E-state index in [0.29, 0.717) is 11.4 Å². The van der Waals surface area contributed by atoms with Crippen LogP contribution in [-0.4, -0.2) is 25.4 Å². The molecular formula is C17H16FN5O. The van der Waals surface area contributed by atoms with E-state index in [1.165, 1.54) is 24.5 Å². The van der Waals surface area contributed by atoms with Crippen LogP contribution in [0.25, 0.3) is 0 Å². The first kappa shape index (κ1) is 15.8. The SMILES string of the molecule is Cc1cnc(C(=O)N[C@@H](c2cccc(F)c2)c2nccn2C)cn1. The molecule has 0 radical (unpaired) electrons. The summed E-state index contributed by atoms with van der Waals surface area (Å²) >= 11 is 0. The summed E-state index contributed by atoms with van der Waals surface area (Å²) in [6.07, 6.45) is 6.32. The average Bonchev–Trinajstić information content (AvgIpc) is 2.99. The van der Waals surface area contributed by atoms with E-state index in [0.717, 1.165) is 5.69 Å². The Bertz CT molecular complexity index is 859. The van der Waals surface area contributed by atoms with Crippen LogP contribution in [0.3, 0.4) is 0 Å². The normalized spacial score (nSPS) is 12.0. The number of nitrogens with one attached hydrogen (secondary N) is 1. The van der Waals surface area contributed by atoms with E-state index in [4.69, 9.17) is 0 Å². The molecule has 0 saturated heterocycles. The predicted octanol–water partition coefficient (Wildman–Crippen LogP) is 2.18. The number of aromatic nitrogens is 4. The summed E-state index contributed by atoms with van der Waals surface area (Å²) in [5.74, 6) is -0.190. The maximum atomic E-state index is 13.6. The number of carbonyl (C=O) groups excluding carboxylic acids is 1. The number of hydrogen-bond donors (Lipinski definition) is 1. The molecule has 1 atom stereocenters. The Hall–Kier alpha value is -3.09. The van der Waals surface area contributed by atoms with E-state index in [1.54, 1.807) is 36.0 Å². The minimum Gasteiger partial charge on any atom is -0.337 e. The van der Waals surface area contributed by atoms with Crippen molar-refractivity contribution >= 4 is 5.91 Å². The van der Waals surface area contributed by atoms with Crippen molar-refractivity contribution in [3.63, 3.8) is 0 Å². The molecule has 3 aromatic rings. The minimum atomic E-state index is -0.601. The van der Waals surface area contributed by atoms with Crippen LogP contribution in [0.4, 0.5) is 4.39 Å². The molecule has 0 aliphatic carbocycles. The van der Waals surface area contributed by atoms with Crippen LogP contribution >= 0.6 is 0 Å². The zero-order valence-corrected chi connectivity index (χ0v) is 13.3. The van der Waals surface area contributed by atoms with Gasteiger partial charge < -0.3 is 9.88 Å².